The molecule has 154 valence electrons. The second kappa shape index (κ2) is 7.28. The summed E-state index contributed by atoms with van der Waals surface area (Å²) in [6.07, 6.45) is 1.93. The molecule has 0 unspecified atom stereocenters. The summed E-state index contributed by atoms with van der Waals surface area (Å²) < 4.78 is 10.6. The van der Waals surface area contributed by atoms with Crippen molar-refractivity contribution < 1.29 is 8.83 Å². The molecule has 0 saturated heterocycles. The molecule has 4 heteroatoms. The fourth-order valence-electron chi connectivity index (χ4n) is 3.89. The van der Waals surface area contributed by atoms with Crippen molar-refractivity contribution in [1.29, 1.82) is 0 Å². The minimum absolute atomic E-state index is 0.0506. The fourth-order valence-corrected chi connectivity index (χ4v) is 3.89. The largest absolute Gasteiger partial charge is 0.423 e. The standard InChI is InChI=1S/C26H26O4/c1-25(2,19-9-10-21-18(15-19)7-12-23(27)29-21)13-14-26(3,4)20-8-5-17-6-11-24(28)30-22(17)16-20/h5-12,15-16H,13-14H2,1-4H3. The third-order valence-electron chi connectivity index (χ3n) is 6.18. The lowest BCUT2D eigenvalue weighted by Gasteiger charge is -2.32. The van der Waals surface area contributed by atoms with E-state index in [1.807, 2.05) is 30.3 Å². The summed E-state index contributed by atoms with van der Waals surface area (Å²) >= 11 is 0. The van der Waals surface area contributed by atoms with Crippen LogP contribution in [-0.2, 0) is 10.8 Å². The Morgan fingerprint density at radius 2 is 1.10 bits per heavy atom. The average molecular weight is 402 g/mol. The second-order valence-electron chi connectivity index (χ2n) is 9.28. The van der Waals surface area contributed by atoms with Gasteiger partial charge in [-0.25, -0.2) is 9.59 Å². The molecule has 4 nitrogen and oxygen atoms in total. The third kappa shape index (κ3) is 3.95. The molecule has 4 rings (SSSR count). The number of benzene rings is 2. The molecule has 0 fully saturated rings. The van der Waals surface area contributed by atoms with E-state index >= 15 is 0 Å². The Bertz CT molecular complexity index is 1340. The van der Waals surface area contributed by atoms with Gasteiger partial charge >= 0.3 is 11.3 Å². The maximum atomic E-state index is 11.6. The van der Waals surface area contributed by atoms with Crippen molar-refractivity contribution in [2.75, 3.05) is 0 Å². The van der Waals surface area contributed by atoms with Crippen LogP contribution in [0, 0.1) is 0 Å². The summed E-state index contributed by atoms with van der Waals surface area (Å²) in [5.74, 6) is 0. The Hall–Kier alpha value is -3.14. The van der Waals surface area contributed by atoms with Crippen LogP contribution in [0.15, 0.2) is 79.1 Å². The summed E-state index contributed by atoms with van der Waals surface area (Å²) in [6.45, 7) is 8.92. The Morgan fingerprint density at radius 3 is 1.77 bits per heavy atom. The van der Waals surface area contributed by atoms with E-state index in [-0.39, 0.29) is 22.1 Å². The maximum absolute atomic E-state index is 11.6. The van der Waals surface area contributed by atoms with E-state index in [1.165, 1.54) is 17.7 Å². The predicted octanol–water partition coefficient (Wildman–Crippen LogP) is 5.94. The lowest BCUT2D eigenvalue weighted by Crippen LogP contribution is -2.24. The van der Waals surface area contributed by atoms with Gasteiger partial charge in [-0.2, -0.15) is 0 Å². The third-order valence-corrected chi connectivity index (χ3v) is 6.18. The molecule has 0 bridgehead atoms. The van der Waals surface area contributed by atoms with Gasteiger partial charge in [0.2, 0.25) is 0 Å². The van der Waals surface area contributed by atoms with Crippen molar-refractivity contribution >= 4 is 21.9 Å². The van der Waals surface area contributed by atoms with E-state index in [1.54, 1.807) is 6.07 Å². The van der Waals surface area contributed by atoms with Gasteiger partial charge in [-0.1, -0.05) is 45.9 Å². The summed E-state index contributed by atoms with van der Waals surface area (Å²) in [4.78, 5) is 23.0. The van der Waals surface area contributed by atoms with Gasteiger partial charge in [0.15, 0.2) is 0 Å². The Balaban J connectivity index is 1.58. The second-order valence-corrected chi connectivity index (χ2v) is 9.28. The van der Waals surface area contributed by atoms with Crippen molar-refractivity contribution in [2.24, 2.45) is 0 Å². The van der Waals surface area contributed by atoms with E-state index in [4.69, 9.17) is 8.83 Å². The van der Waals surface area contributed by atoms with Crippen LogP contribution < -0.4 is 11.3 Å². The molecule has 0 amide bonds. The zero-order chi connectivity index (χ0) is 21.5. The van der Waals surface area contributed by atoms with Crippen LogP contribution in [0.2, 0.25) is 0 Å². The van der Waals surface area contributed by atoms with Crippen LogP contribution >= 0.6 is 0 Å². The van der Waals surface area contributed by atoms with Crippen LogP contribution in [0.3, 0.4) is 0 Å². The number of rotatable bonds is 5. The first-order valence-electron chi connectivity index (χ1n) is 10.2. The molecule has 0 atom stereocenters. The molecule has 2 heterocycles. The number of hydrogen-bond donors (Lipinski definition) is 0. The minimum Gasteiger partial charge on any atom is -0.423 e. The zero-order valence-corrected chi connectivity index (χ0v) is 17.8. The van der Waals surface area contributed by atoms with E-state index in [9.17, 15) is 9.59 Å². The monoisotopic (exact) mass is 402 g/mol. The molecule has 0 aliphatic heterocycles. The van der Waals surface area contributed by atoms with Gasteiger partial charge in [0.1, 0.15) is 11.2 Å². The summed E-state index contributed by atoms with van der Waals surface area (Å²) in [5.41, 5.74) is 2.82. The van der Waals surface area contributed by atoms with Gasteiger partial charge in [-0.05, 0) is 65.1 Å². The molecule has 0 radical (unpaired) electrons. The van der Waals surface area contributed by atoms with Crippen molar-refractivity contribution in [3.8, 4) is 0 Å². The van der Waals surface area contributed by atoms with Crippen molar-refractivity contribution in [3.05, 3.63) is 92.6 Å². The molecular formula is C26H26O4. The molecule has 0 saturated carbocycles. The molecular weight excluding hydrogens is 376 g/mol. The van der Waals surface area contributed by atoms with Crippen molar-refractivity contribution in [2.45, 2.75) is 51.4 Å². The molecule has 2 aromatic carbocycles. The summed E-state index contributed by atoms with van der Waals surface area (Å²) in [6, 6.07) is 18.7. The van der Waals surface area contributed by atoms with Crippen molar-refractivity contribution in [3.63, 3.8) is 0 Å². The van der Waals surface area contributed by atoms with Gasteiger partial charge in [0, 0.05) is 22.9 Å². The smallest absolute Gasteiger partial charge is 0.336 e. The molecule has 30 heavy (non-hydrogen) atoms. The molecule has 0 aliphatic carbocycles. The van der Waals surface area contributed by atoms with Crippen LogP contribution in [0.1, 0.15) is 51.7 Å². The topological polar surface area (TPSA) is 60.4 Å². The minimum atomic E-state index is -0.331. The molecule has 0 N–H and O–H groups in total. The Kier molecular flexibility index (Phi) is 4.89. The van der Waals surface area contributed by atoms with Crippen LogP contribution in [0.5, 0.6) is 0 Å². The van der Waals surface area contributed by atoms with E-state index in [0.29, 0.717) is 11.2 Å². The highest BCUT2D eigenvalue weighted by molar-refractivity contribution is 5.78. The van der Waals surface area contributed by atoms with Crippen LogP contribution in [0.4, 0.5) is 0 Å². The Morgan fingerprint density at radius 1 is 0.600 bits per heavy atom. The maximum Gasteiger partial charge on any atom is 0.336 e. The summed E-state index contributed by atoms with van der Waals surface area (Å²) in [5, 5.41) is 1.86. The first-order valence-corrected chi connectivity index (χ1v) is 10.2. The summed E-state index contributed by atoms with van der Waals surface area (Å²) in [7, 11) is 0. The fraction of sp³-hybridized carbons (Fsp3) is 0.308. The molecule has 4 aromatic rings. The highest BCUT2D eigenvalue weighted by atomic mass is 16.4. The first-order chi connectivity index (χ1) is 14.1. The highest BCUT2D eigenvalue weighted by Gasteiger charge is 2.27. The van der Waals surface area contributed by atoms with Gasteiger partial charge in [0.25, 0.3) is 0 Å². The number of fused-ring (bicyclic) bond motifs is 2. The van der Waals surface area contributed by atoms with E-state index < -0.39 is 0 Å². The molecule has 2 aromatic heterocycles. The predicted molar refractivity (Wildman–Crippen MR) is 120 cm³/mol. The normalized spacial score (nSPS) is 12.5. The number of hydrogen-bond acceptors (Lipinski definition) is 4. The van der Waals surface area contributed by atoms with Crippen molar-refractivity contribution in [1.82, 2.24) is 0 Å². The van der Waals surface area contributed by atoms with Crippen LogP contribution in [-0.4, -0.2) is 0 Å². The Labute approximate surface area is 175 Å². The zero-order valence-electron chi connectivity index (χ0n) is 17.8. The van der Waals surface area contributed by atoms with Crippen LogP contribution in [0.25, 0.3) is 21.9 Å². The quantitative estimate of drug-likeness (QED) is 0.388. The van der Waals surface area contributed by atoms with E-state index in [2.05, 4.69) is 39.8 Å². The van der Waals surface area contributed by atoms with Gasteiger partial charge in [-0.3, -0.25) is 0 Å². The highest BCUT2D eigenvalue weighted by Crippen LogP contribution is 2.37. The van der Waals surface area contributed by atoms with Gasteiger partial charge in [0.05, 0.1) is 0 Å². The molecule has 0 spiro atoms. The SMILES string of the molecule is CC(C)(CCC(C)(C)c1ccc2ccc(=O)oc2c1)c1ccc2oc(=O)ccc2c1. The lowest BCUT2D eigenvalue weighted by molar-refractivity contribution is 0.375. The first kappa shape index (κ1) is 20.1. The van der Waals surface area contributed by atoms with Gasteiger partial charge in [-0.15, -0.1) is 0 Å². The van der Waals surface area contributed by atoms with E-state index in [0.717, 1.165) is 29.2 Å². The lowest BCUT2D eigenvalue weighted by atomic mass is 9.72. The molecule has 0 aliphatic rings. The average Bonchev–Trinajstić information content (AvgIpc) is 2.71. The van der Waals surface area contributed by atoms with Gasteiger partial charge < -0.3 is 8.83 Å².